The van der Waals surface area contributed by atoms with Crippen molar-refractivity contribution in [2.24, 2.45) is 0 Å². The summed E-state index contributed by atoms with van der Waals surface area (Å²) in [4.78, 5) is 68.4. The van der Waals surface area contributed by atoms with Crippen molar-refractivity contribution >= 4 is 85.1 Å². The first-order chi connectivity index (χ1) is 21.7. The number of halogens is 2. The summed E-state index contributed by atoms with van der Waals surface area (Å²) < 4.78 is 10.6. The summed E-state index contributed by atoms with van der Waals surface area (Å²) >= 11 is 12.7. The van der Waals surface area contributed by atoms with E-state index in [1.54, 1.807) is 21.9 Å². The van der Waals surface area contributed by atoms with Gasteiger partial charge in [0.05, 0.1) is 24.5 Å². The summed E-state index contributed by atoms with van der Waals surface area (Å²) in [5, 5.41) is 5.93. The third-order valence-corrected chi connectivity index (χ3v) is 9.61. The molecule has 0 fully saturated rings. The fourth-order valence-corrected chi connectivity index (χ4v) is 7.50. The van der Waals surface area contributed by atoms with E-state index < -0.39 is 17.2 Å². The van der Waals surface area contributed by atoms with E-state index >= 15 is 0 Å². The number of hydrogen-bond donors (Lipinski definition) is 5. The van der Waals surface area contributed by atoms with Crippen molar-refractivity contribution in [2.75, 3.05) is 47.7 Å². The molecule has 2 aliphatic heterocycles. The molecule has 236 valence electrons. The van der Waals surface area contributed by atoms with Crippen LogP contribution < -0.4 is 24.2 Å². The number of fused-ring (bicyclic) bond motifs is 6. The molecule has 0 aromatic heterocycles. The van der Waals surface area contributed by atoms with Crippen molar-refractivity contribution in [3.8, 4) is 11.5 Å². The Hall–Kier alpha value is -2.82. The Morgan fingerprint density at radius 2 is 1.09 bits per heavy atom. The molecule has 4 aromatic carbocycles. The van der Waals surface area contributed by atoms with Gasteiger partial charge in [-0.1, -0.05) is 48.5 Å². The van der Waals surface area contributed by atoms with Crippen LogP contribution in [0.2, 0.25) is 0 Å². The second-order valence-corrected chi connectivity index (χ2v) is 12.7. The number of amides is 2. The van der Waals surface area contributed by atoms with Crippen molar-refractivity contribution in [2.45, 2.75) is 11.8 Å². The number of alkyl halides is 2. The van der Waals surface area contributed by atoms with Crippen LogP contribution in [0.15, 0.2) is 60.7 Å². The molecule has 0 bridgehead atoms. The zero-order valence-corrected chi connectivity index (χ0v) is 26.9. The van der Waals surface area contributed by atoms with E-state index in [-0.39, 0.29) is 60.0 Å². The van der Waals surface area contributed by atoms with Gasteiger partial charge in [0.15, 0.2) is 0 Å². The second kappa shape index (κ2) is 13.5. The minimum absolute atomic E-state index is 0.152. The Kier molecular flexibility index (Phi) is 9.64. The third-order valence-electron chi connectivity index (χ3n) is 8.14. The minimum atomic E-state index is -2.69. The summed E-state index contributed by atoms with van der Waals surface area (Å²) in [7, 11) is -5.37. The smallest absolute Gasteiger partial charge is 0.391 e. The monoisotopic (exact) mass is 691 g/mol. The SMILES string of the molecule is O=C(CNCC(=O)N1CC(CCl)c2c1cc(OP(O)O)c1ccccc21)N1CC(CCl)c2c1cc(OP(O)O)c1ccccc21. The molecule has 45 heavy (non-hydrogen) atoms. The second-order valence-electron chi connectivity index (χ2n) is 10.7. The lowest BCUT2D eigenvalue weighted by Gasteiger charge is -2.21. The van der Waals surface area contributed by atoms with Crippen LogP contribution in [-0.4, -0.2) is 69.3 Å². The van der Waals surface area contributed by atoms with Gasteiger partial charge in [-0.05, 0) is 21.9 Å². The molecule has 0 aliphatic carbocycles. The minimum Gasteiger partial charge on any atom is -0.426 e. The van der Waals surface area contributed by atoms with Gasteiger partial charge in [0.1, 0.15) is 11.5 Å². The number of carbonyl (C=O) groups is 2. The average molecular weight is 692 g/mol. The number of nitrogens with zero attached hydrogens (tertiary/aromatic N) is 2. The van der Waals surface area contributed by atoms with E-state index in [4.69, 9.17) is 32.2 Å². The molecule has 2 atom stereocenters. The Labute approximate surface area is 270 Å². The fourth-order valence-electron chi connectivity index (χ4n) is 6.34. The Bertz CT molecular complexity index is 1650. The summed E-state index contributed by atoms with van der Waals surface area (Å²) in [6.07, 6.45) is 0. The highest BCUT2D eigenvalue weighted by Crippen LogP contribution is 2.49. The number of carbonyl (C=O) groups excluding carboxylic acids is 2. The third kappa shape index (κ3) is 6.17. The number of nitrogens with one attached hydrogen (secondary N) is 1. The molecule has 2 aliphatic rings. The number of benzene rings is 4. The van der Waals surface area contributed by atoms with Gasteiger partial charge < -0.3 is 38.4 Å². The molecule has 2 amide bonds. The van der Waals surface area contributed by atoms with E-state index in [0.29, 0.717) is 35.2 Å². The predicted octanol–water partition coefficient (Wildman–Crippen LogP) is 4.80. The van der Waals surface area contributed by atoms with Gasteiger partial charge >= 0.3 is 17.2 Å². The maximum atomic E-state index is 13.5. The molecule has 6 rings (SSSR count). The van der Waals surface area contributed by atoms with E-state index in [1.807, 2.05) is 48.5 Å². The van der Waals surface area contributed by atoms with Gasteiger partial charge in [0.2, 0.25) is 11.8 Å². The average Bonchev–Trinajstić information content (AvgIpc) is 3.59. The molecular formula is C30H29Cl2N3O8P2. The number of rotatable bonds is 10. The van der Waals surface area contributed by atoms with Gasteiger partial charge in [0.25, 0.3) is 0 Å². The number of hydrogen-bond acceptors (Lipinski definition) is 9. The van der Waals surface area contributed by atoms with Crippen molar-refractivity contribution in [1.29, 1.82) is 0 Å². The summed E-state index contributed by atoms with van der Waals surface area (Å²) in [6.45, 7) is 0.333. The van der Waals surface area contributed by atoms with Crippen LogP contribution in [0.5, 0.6) is 11.5 Å². The van der Waals surface area contributed by atoms with Crippen LogP contribution in [0.1, 0.15) is 23.0 Å². The molecule has 0 spiro atoms. The van der Waals surface area contributed by atoms with Gasteiger partial charge in [-0.3, -0.25) is 14.9 Å². The van der Waals surface area contributed by atoms with E-state index in [1.165, 1.54) is 0 Å². The highest BCUT2D eigenvalue weighted by Gasteiger charge is 2.36. The van der Waals surface area contributed by atoms with Crippen molar-refractivity contribution < 1.29 is 38.2 Å². The maximum absolute atomic E-state index is 13.5. The predicted molar refractivity (Wildman–Crippen MR) is 176 cm³/mol. The van der Waals surface area contributed by atoms with E-state index in [2.05, 4.69) is 5.32 Å². The van der Waals surface area contributed by atoms with Crippen LogP contribution in [0.4, 0.5) is 11.4 Å². The standard InChI is InChI=1S/C30H29Cl2N3O8P2/c31-11-17-15-34(23-9-25(42-44(38)39)19-5-1-3-7-21(19)29(17)23)27(36)13-33-14-28(37)35-16-18(12-32)30-22-8-4-2-6-20(22)26(10-24(30)35)43-45(40)41/h1-10,17-18,33,38-41H,11-16H2. The Balaban J connectivity index is 1.21. The van der Waals surface area contributed by atoms with Crippen LogP contribution in [-0.2, 0) is 9.59 Å². The number of anilines is 2. The van der Waals surface area contributed by atoms with Crippen molar-refractivity contribution in [1.82, 2.24) is 5.32 Å². The molecular weight excluding hydrogens is 663 g/mol. The van der Waals surface area contributed by atoms with Gasteiger partial charge in [-0.15, -0.1) is 23.2 Å². The fraction of sp³-hybridized carbons (Fsp3) is 0.267. The molecule has 2 heterocycles. The van der Waals surface area contributed by atoms with Crippen molar-refractivity contribution in [3.63, 3.8) is 0 Å². The highest BCUT2D eigenvalue weighted by atomic mass is 35.5. The molecule has 0 saturated heterocycles. The first-order valence-electron chi connectivity index (χ1n) is 14.0. The molecule has 5 N–H and O–H groups in total. The highest BCUT2D eigenvalue weighted by molar-refractivity contribution is 7.40. The van der Waals surface area contributed by atoms with Crippen LogP contribution in [0.25, 0.3) is 21.5 Å². The molecule has 0 saturated carbocycles. The quantitative estimate of drug-likeness (QED) is 0.117. The van der Waals surface area contributed by atoms with Gasteiger partial charge in [0, 0.05) is 59.6 Å². The summed E-state index contributed by atoms with van der Waals surface area (Å²) in [6, 6.07) is 18.0. The first kappa shape index (κ1) is 32.1. The Morgan fingerprint density at radius 1 is 0.711 bits per heavy atom. The molecule has 0 radical (unpaired) electrons. The first-order valence-corrected chi connectivity index (χ1v) is 17.4. The largest absolute Gasteiger partial charge is 0.426 e. The van der Waals surface area contributed by atoms with E-state index in [9.17, 15) is 29.2 Å². The van der Waals surface area contributed by atoms with Crippen LogP contribution >= 0.6 is 40.4 Å². The zero-order chi connectivity index (χ0) is 31.8. The normalized spacial score (nSPS) is 17.4. The molecule has 4 aromatic rings. The maximum Gasteiger partial charge on any atom is 0.391 e. The van der Waals surface area contributed by atoms with Gasteiger partial charge in [-0.2, -0.15) is 0 Å². The van der Waals surface area contributed by atoms with Crippen LogP contribution in [0, 0.1) is 0 Å². The summed E-state index contributed by atoms with van der Waals surface area (Å²) in [5.74, 6) is 0.108. The van der Waals surface area contributed by atoms with Crippen molar-refractivity contribution in [3.05, 3.63) is 71.8 Å². The van der Waals surface area contributed by atoms with Crippen LogP contribution in [0.3, 0.4) is 0 Å². The van der Waals surface area contributed by atoms with E-state index in [0.717, 1.165) is 21.9 Å². The Morgan fingerprint density at radius 3 is 1.44 bits per heavy atom. The lowest BCUT2D eigenvalue weighted by molar-refractivity contribution is -0.118. The zero-order valence-electron chi connectivity index (χ0n) is 23.6. The molecule has 15 heteroatoms. The molecule has 11 nitrogen and oxygen atoms in total. The lowest BCUT2D eigenvalue weighted by Crippen LogP contribution is -2.43. The molecule has 2 unspecified atom stereocenters. The van der Waals surface area contributed by atoms with Gasteiger partial charge in [-0.25, -0.2) is 0 Å². The summed E-state index contributed by atoms with van der Waals surface area (Å²) in [5.41, 5.74) is 2.88. The lowest BCUT2D eigenvalue weighted by atomic mass is 9.95. The topological polar surface area (TPSA) is 152 Å².